The van der Waals surface area contributed by atoms with E-state index in [4.69, 9.17) is 14.2 Å². The Morgan fingerprint density at radius 1 is 1.28 bits per heavy atom. The number of hydrogen-bond acceptors (Lipinski definition) is 4. The van der Waals surface area contributed by atoms with Crippen LogP contribution in [0, 0.1) is 5.41 Å². The van der Waals surface area contributed by atoms with Crippen LogP contribution in [0.4, 0.5) is 0 Å². The number of nitrogens with one attached hydrogen (secondary N) is 1. The van der Waals surface area contributed by atoms with Crippen LogP contribution in [-0.2, 0) is 14.2 Å². The van der Waals surface area contributed by atoms with Crippen molar-refractivity contribution >= 4 is 0 Å². The molecule has 0 radical (unpaired) electrons. The zero-order valence-corrected chi connectivity index (χ0v) is 12.0. The SMILES string of the molecule is COCC(C)(C)CC1NCCOC12CCOCC2. The van der Waals surface area contributed by atoms with Gasteiger partial charge in [0.25, 0.3) is 0 Å². The van der Waals surface area contributed by atoms with Crippen LogP contribution < -0.4 is 5.32 Å². The molecule has 18 heavy (non-hydrogen) atoms. The number of methoxy groups -OCH3 is 1. The van der Waals surface area contributed by atoms with E-state index in [1.807, 2.05) is 0 Å². The number of ether oxygens (including phenoxy) is 3. The van der Waals surface area contributed by atoms with E-state index in [1.54, 1.807) is 7.11 Å². The first-order valence-electron chi connectivity index (χ1n) is 7.02. The van der Waals surface area contributed by atoms with Crippen molar-refractivity contribution in [2.24, 2.45) is 5.41 Å². The molecule has 1 N–H and O–H groups in total. The van der Waals surface area contributed by atoms with E-state index >= 15 is 0 Å². The van der Waals surface area contributed by atoms with E-state index in [0.717, 1.165) is 52.2 Å². The first-order chi connectivity index (χ1) is 8.58. The fourth-order valence-corrected chi connectivity index (χ4v) is 3.24. The van der Waals surface area contributed by atoms with Gasteiger partial charge in [-0.15, -0.1) is 0 Å². The van der Waals surface area contributed by atoms with Gasteiger partial charge in [0.05, 0.1) is 18.8 Å². The van der Waals surface area contributed by atoms with Gasteiger partial charge in [0.2, 0.25) is 0 Å². The minimum atomic E-state index is -0.0124. The maximum absolute atomic E-state index is 6.16. The van der Waals surface area contributed by atoms with Crippen molar-refractivity contribution in [1.82, 2.24) is 5.32 Å². The average Bonchev–Trinajstić information content (AvgIpc) is 2.33. The van der Waals surface area contributed by atoms with E-state index in [0.29, 0.717) is 6.04 Å². The highest BCUT2D eigenvalue weighted by Gasteiger charge is 2.45. The Morgan fingerprint density at radius 3 is 2.67 bits per heavy atom. The molecular formula is C14H27NO3. The van der Waals surface area contributed by atoms with Crippen molar-refractivity contribution in [3.63, 3.8) is 0 Å². The normalized spacial score (nSPS) is 28.5. The lowest BCUT2D eigenvalue weighted by molar-refractivity contribution is -0.154. The third kappa shape index (κ3) is 3.23. The molecule has 0 bridgehead atoms. The fraction of sp³-hybridized carbons (Fsp3) is 1.00. The molecular weight excluding hydrogens is 230 g/mol. The van der Waals surface area contributed by atoms with Gasteiger partial charge in [0.15, 0.2) is 0 Å². The zero-order valence-electron chi connectivity index (χ0n) is 12.0. The molecule has 4 nitrogen and oxygen atoms in total. The van der Waals surface area contributed by atoms with Crippen LogP contribution >= 0.6 is 0 Å². The highest BCUT2D eigenvalue weighted by molar-refractivity contribution is 4.99. The van der Waals surface area contributed by atoms with Crippen molar-refractivity contribution in [1.29, 1.82) is 0 Å². The van der Waals surface area contributed by atoms with Gasteiger partial charge < -0.3 is 19.5 Å². The van der Waals surface area contributed by atoms with Gasteiger partial charge in [-0.1, -0.05) is 13.8 Å². The third-order valence-electron chi connectivity index (χ3n) is 4.15. The predicted octanol–water partition coefficient (Wildman–Crippen LogP) is 1.59. The van der Waals surface area contributed by atoms with Gasteiger partial charge in [0, 0.05) is 45.8 Å². The molecule has 0 aromatic carbocycles. The lowest BCUT2D eigenvalue weighted by Crippen LogP contribution is -2.61. The fourth-order valence-electron chi connectivity index (χ4n) is 3.24. The summed E-state index contributed by atoms with van der Waals surface area (Å²) < 4.78 is 17.0. The molecule has 0 amide bonds. The Bertz CT molecular complexity index is 254. The number of hydrogen-bond donors (Lipinski definition) is 1. The molecule has 1 unspecified atom stereocenters. The number of morpholine rings is 1. The third-order valence-corrected chi connectivity index (χ3v) is 4.15. The monoisotopic (exact) mass is 257 g/mol. The van der Waals surface area contributed by atoms with Crippen LogP contribution in [0.15, 0.2) is 0 Å². The highest BCUT2D eigenvalue weighted by Crippen LogP contribution is 2.36. The summed E-state index contributed by atoms with van der Waals surface area (Å²) in [6.07, 6.45) is 3.10. The number of rotatable bonds is 4. The molecule has 2 rings (SSSR count). The van der Waals surface area contributed by atoms with Crippen LogP contribution in [0.5, 0.6) is 0 Å². The maximum atomic E-state index is 6.16. The average molecular weight is 257 g/mol. The topological polar surface area (TPSA) is 39.7 Å². The molecule has 2 aliphatic rings. The van der Waals surface area contributed by atoms with Gasteiger partial charge in [-0.3, -0.25) is 0 Å². The Hall–Kier alpha value is -0.160. The van der Waals surface area contributed by atoms with E-state index in [-0.39, 0.29) is 11.0 Å². The smallest absolute Gasteiger partial charge is 0.0879 e. The Balaban J connectivity index is 2.03. The summed E-state index contributed by atoms with van der Waals surface area (Å²) in [5, 5.41) is 3.66. The molecule has 0 aliphatic carbocycles. The summed E-state index contributed by atoms with van der Waals surface area (Å²) in [6.45, 7) is 8.74. The second-order valence-electron chi connectivity index (χ2n) is 6.33. The summed E-state index contributed by atoms with van der Waals surface area (Å²) in [5.41, 5.74) is 0.167. The first-order valence-corrected chi connectivity index (χ1v) is 7.02. The molecule has 2 fully saturated rings. The van der Waals surface area contributed by atoms with Gasteiger partial charge >= 0.3 is 0 Å². The van der Waals surface area contributed by atoms with Crippen molar-refractivity contribution in [3.8, 4) is 0 Å². The summed E-state index contributed by atoms with van der Waals surface area (Å²) >= 11 is 0. The first kappa shape index (κ1) is 14.3. The Morgan fingerprint density at radius 2 is 2.00 bits per heavy atom. The second-order valence-corrected chi connectivity index (χ2v) is 6.33. The molecule has 2 heterocycles. The van der Waals surface area contributed by atoms with Crippen LogP contribution in [0.1, 0.15) is 33.1 Å². The molecule has 2 saturated heterocycles. The molecule has 0 aromatic rings. The summed E-state index contributed by atoms with van der Waals surface area (Å²) in [5.74, 6) is 0. The quantitative estimate of drug-likeness (QED) is 0.830. The zero-order chi connectivity index (χ0) is 13.1. The molecule has 0 saturated carbocycles. The molecule has 2 aliphatic heterocycles. The van der Waals surface area contributed by atoms with Gasteiger partial charge in [-0.2, -0.15) is 0 Å². The van der Waals surface area contributed by atoms with E-state index < -0.39 is 0 Å². The van der Waals surface area contributed by atoms with Crippen LogP contribution in [0.2, 0.25) is 0 Å². The molecule has 106 valence electrons. The minimum absolute atomic E-state index is 0.0124. The summed E-state index contributed by atoms with van der Waals surface area (Å²) in [6, 6.07) is 0.417. The summed E-state index contributed by atoms with van der Waals surface area (Å²) in [4.78, 5) is 0. The predicted molar refractivity (Wildman–Crippen MR) is 70.8 cm³/mol. The van der Waals surface area contributed by atoms with E-state index in [1.165, 1.54) is 0 Å². The molecule has 0 aromatic heterocycles. The largest absolute Gasteiger partial charge is 0.384 e. The Kier molecular flexibility index (Phi) is 4.64. The standard InChI is InChI=1S/C14H27NO3/c1-13(2,11-16-3)10-12-14(18-9-6-15-12)4-7-17-8-5-14/h12,15H,4-11H2,1-3H3. The molecule has 4 heteroatoms. The minimum Gasteiger partial charge on any atom is -0.384 e. The molecule has 1 spiro atoms. The van der Waals surface area contributed by atoms with Crippen LogP contribution in [0.3, 0.4) is 0 Å². The van der Waals surface area contributed by atoms with Crippen molar-refractivity contribution in [2.45, 2.75) is 44.8 Å². The lowest BCUT2D eigenvalue weighted by Gasteiger charge is -2.48. The van der Waals surface area contributed by atoms with E-state index in [2.05, 4.69) is 19.2 Å². The van der Waals surface area contributed by atoms with Crippen molar-refractivity contribution < 1.29 is 14.2 Å². The van der Waals surface area contributed by atoms with Gasteiger partial charge in [0.1, 0.15) is 0 Å². The lowest BCUT2D eigenvalue weighted by atomic mass is 9.76. The van der Waals surface area contributed by atoms with Crippen LogP contribution in [0.25, 0.3) is 0 Å². The van der Waals surface area contributed by atoms with Crippen molar-refractivity contribution in [3.05, 3.63) is 0 Å². The maximum Gasteiger partial charge on any atom is 0.0879 e. The van der Waals surface area contributed by atoms with E-state index in [9.17, 15) is 0 Å². The Labute approximate surface area is 110 Å². The highest BCUT2D eigenvalue weighted by atomic mass is 16.5. The summed E-state index contributed by atoms with van der Waals surface area (Å²) in [7, 11) is 1.77. The van der Waals surface area contributed by atoms with Gasteiger partial charge in [-0.25, -0.2) is 0 Å². The van der Waals surface area contributed by atoms with Crippen molar-refractivity contribution in [2.75, 3.05) is 40.1 Å². The molecule has 1 atom stereocenters. The second kappa shape index (κ2) is 5.87. The van der Waals surface area contributed by atoms with Gasteiger partial charge in [-0.05, 0) is 11.8 Å². The van der Waals surface area contributed by atoms with Crippen LogP contribution in [-0.4, -0.2) is 51.7 Å².